The zero-order valence-electron chi connectivity index (χ0n) is 14.1. The summed E-state index contributed by atoms with van der Waals surface area (Å²) < 4.78 is 6.98. The summed E-state index contributed by atoms with van der Waals surface area (Å²) in [6, 6.07) is 10.3. The fourth-order valence-corrected chi connectivity index (χ4v) is 3.99. The lowest BCUT2D eigenvalue weighted by Gasteiger charge is -2.34. The minimum Gasteiger partial charge on any atom is -0.379 e. The molecule has 1 atom stereocenters. The second kappa shape index (κ2) is 7.40. The maximum Gasteiger partial charge on any atom is 0.372 e. The minimum atomic E-state index is -0.388. The number of nitrogens with zero attached hydrogens (tertiary/aromatic N) is 4. The van der Waals surface area contributed by atoms with Crippen molar-refractivity contribution in [3.63, 3.8) is 0 Å². The zero-order chi connectivity index (χ0) is 17.9. The van der Waals surface area contributed by atoms with Crippen LogP contribution < -0.4 is 5.32 Å². The predicted molar refractivity (Wildman–Crippen MR) is 99.8 cm³/mol. The average Bonchev–Trinajstić information content (AvgIpc) is 3.24. The summed E-state index contributed by atoms with van der Waals surface area (Å²) in [4.78, 5) is 18.5. The summed E-state index contributed by atoms with van der Waals surface area (Å²) in [6.45, 7) is 3.60. The number of hydrogen-bond donors (Lipinski definition) is 1. The summed E-state index contributed by atoms with van der Waals surface area (Å²) in [7, 11) is 0. The molecule has 1 unspecified atom stereocenters. The number of imidazole rings is 1. The molecule has 136 valence electrons. The SMILES string of the molecule is O=[N+]([O-])c1c(NCC(c2ccccc2)N2CCOCC2)nc2sccn12. The lowest BCUT2D eigenvalue weighted by Crippen LogP contribution is -2.41. The van der Waals surface area contributed by atoms with Crippen LogP contribution in [0.1, 0.15) is 11.6 Å². The number of thiazole rings is 1. The number of rotatable bonds is 6. The van der Waals surface area contributed by atoms with E-state index in [2.05, 4.69) is 27.3 Å². The largest absolute Gasteiger partial charge is 0.379 e. The molecule has 0 saturated carbocycles. The Kier molecular flexibility index (Phi) is 4.83. The van der Waals surface area contributed by atoms with Gasteiger partial charge in [-0.15, -0.1) is 0 Å². The molecular weight excluding hydrogens is 354 g/mol. The van der Waals surface area contributed by atoms with Gasteiger partial charge in [0.05, 0.1) is 19.3 Å². The molecule has 0 radical (unpaired) electrons. The molecule has 4 rings (SSSR count). The fourth-order valence-electron chi connectivity index (χ4n) is 3.28. The molecule has 3 aromatic rings. The summed E-state index contributed by atoms with van der Waals surface area (Å²) in [5, 5.41) is 16.5. The Morgan fingerprint density at radius 1 is 1.31 bits per heavy atom. The lowest BCUT2D eigenvalue weighted by atomic mass is 10.0. The van der Waals surface area contributed by atoms with Crippen molar-refractivity contribution in [3.05, 3.63) is 57.6 Å². The van der Waals surface area contributed by atoms with Gasteiger partial charge in [0.1, 0.15) is 6.20 Å². The number of anilines is 1. The van der Waals surface area contributed by atoms with Crippen molar-refractivity contribution >= 4 is 27.9 Å². The van der Waals surface area contributed by atoms with Gasteiger partial charge in [-0.1, -0.05) is 41.7 Å². The number of hydrogen-bond acceptors (Lipinski definition) is 7. The van der Waals surface area contributed by atoms with Crippen LogP contribution in [0.4, 0.5) is 11.6 Å². The molecule has 26 heavy (non-hydrogen) atoms. The van der Waals surface area contributed by atoms with E-state index in [1.165, 1.54) is 21.3 Å². The Morgan fingerprint density at radius 3 is 2.81 bits per heavy atom. The first-order valence-electron chi connectivity index (χ1n) is 8.44. The molecule has 1 saturated heterocycles. The molecule has 0 aliphatic carbocycles. The molecule has 0 bridgehead atoms. The van der Waals surface area contributed by atoms with Crippen LogP contribution in [0.2, 0.25) is 0 Å². The second-order valence-electron chi connectivity index (χ2n) is 6.05. The number of aromatic nitrogens is 2. The van der Waals surface area contributed by atoms with Crippen LogP contribution in [-0.4, -0.2) is 52.1 Å². The quantitative estimate of drug-likeness (QED) is 0.528. The normalized spacial score (nSPS) is 16.6. The van der Waals surface area contributed by atoms with Gasteiger partial charge in [-0.2, -0.15) is 9.38 Å². The lowest BCUT2D eigenvalue weighted by molar-refractivity contribution is -0.389. The summed E-state index contributed by atoms with van der Waals surface area (Å²) in [5.74, 6) is 0.297. The van der Waals surface area contributed by atoms with Crippen LogP contribution in [0.25, 0.3) is 4.96 Å². The van der Waals surface area contributed by atoms with Crippen LogP contribution in [0, 0.1) is 10.1 Å². The van der Waals surface area contributed by atoms with Crippen LogP contribution in [0.5, 0.6) is 0 Å². The van der Waals surface area contributed by atoms with Crippen LogP contribution in [0.15, 0.2) is 41.9 Å². The zero-order valence-corrected chi connectivity index (χ0v) is 14.9. The highest BCUT2D eigenvalue weighted by molar-refractivity contribution is 7.15. The van der Waals surface area contributed by atoms with Crippen LogP contribution >= 0.6 is 11.3 Å². The molecule has 0 spiro atoms. The van der Waals surface area contributed by atoms with E-state index in [1.54, 1.807) is 11.6 Å². The summed E-state index contributed by atoms with van der Waals surface area (Å²) >= 11 is 1.38. The molecule has 2 aromatic heterocycles. The van der Waals surface area contributed by atoms with E-state index < -0.39 is 0 Å². The van der Waals surface area contributed by atoms with Gasteiger partial charge in [-0.05, 0) is 10.5 Å². The Labute approximate surface area is 154 Å². The number of nitro groups is 1. The number of nitrogens with one attached hydrogen (secondary N) is 1. The Hall–Kier alpha value is -2.49. The van der Waals surface area contributed by atoms with E-state index in [0.717, 1.165) is 13.1 Å². The maximum atomic E-state index is 11.5. The molecule has 1 fully saturated rings. The van der Waals surface area contributed by atoms with Gasteiger partial charge in [0, 0.05) is 25.0 Å². The van der Waals surface area contributed by atoms with E-state index in [4.69, 9.17) is 4.74 Å². The first-order valence-corrected chi connectivity index (χ1v) is 9.32. The predicted octanol–water partition coefficient (Wildman–Crippen LogP) is 2.79. The second-order valence-corrected chi connectivity index (χ2v) is 6.93. The fraction of sp³-hybridized carbons (Fsp3) is 0.353. The number of morpholine rings is 1. The third kappa shape index (κ3) is 3.28. The van der Waals surface area contributed by atoms with E-state index >= 15 is 0 Å². The van der Waals surface area contributed by atoms with Gasteiger partial charge in [0.15, 0.2) is 0 Å². The smallest absolute Gasteiger partial charge is 0.372 e. The highest BCUT2D eigenvalue weighted by Gasteiger charge is 2.27. The van der Waals surface area contributed by atoms with Crippen molar-refractivity contribution in [2.24, 2.45) is 0 Å². The van der Waals surface area contributed by atoms with E-state index in [0.29, 0.717) is 30.5 Å². The van der Waals surface area contributed by atoms with Gasteiger partial charge in [-0.3, -0.25) is 4.90 Å². The van der Waals surface area contributed by atoms with Crippen LogP contribution in [0.3, 0.4) is 0 Å². The summed E-state index contributed by atoms with van der Waals surface area (Å²) in [5.41, 5.74) is 1.17. The molecule has 1 aliphatic rings. The number of fused-ring (bicyclic) bond motifs is 1. The monoisotopic (exact) mass is 373 g/mol. The molecule has 1 N–H and O–H groups in total. The molecule has 3 heterocycles. The summed E-state index contributed by atoms with van der Waals surface area (Å²) in [6.07, 6.45) is 1.67. The average molecular weight is 373 g/mol. The van der Waals surface area contributed by atoms with Crippen molar-refractivity contribution in [2.45, 2.75) is 6.04 Å². The molecule has 0 amide bonds. The molecular formula is C17H19N5O3S. The van der Waals surface area contributed by atoms with E-state index in [1.807, 2.05) is 18.2 Å². The van der Waals surface area contributed by atoms with E-state index in [-0.39, 0.29) is 16.8 Å². The molecule has 1 aromatic carbocycles. The molecule has 1 aliphatic heterocycles. The Morgan fingerprint density at radius 2 is 2.08 bits per heavy atom. The van der Waals surface area contributed by atoms with Gasteiger partial charge < -0.3 is 20.2 Å². The highest BCUT2D eigenvalue weighted by Crippen LogP contribution is 2.29. The minimum absolute atomic E-state index is 0.0185. The first-order chi connectivity index (χ1) is 12.7. The third-order valence-corrected chi connectivity index (χ3v) is 5.30. The topological polar surface area (TPSA) is 84.9 Å². The molecule has 9 heteroatoms. The van der Waals surface area contributed by atoms with Gasteiger partial charge in [0.2, 0.25) is 5.82 Å². The van der Waals surface area contributed by atoms with Crippen molar-refractivity contribution in [1.82, 2.24) is 14.3 Å². The van der Waals surface area contributed by atoms with Crippen molar-refractivity contribution in [1.29, 1.82) is 0 Å². The van der Waals surface area contributed by atoms with Gasteiger partial charge >= 0.3 is 5.82 Å². The third-order valence-electron chi connectivity index (χ3n) is 4.54. The van der Waals surface area contributed by atoms with Crippen LogP contribution in [-0.2, 0) is 4.74 Å². The standard InChI is InChI=1S/C17H19N5O3S/c23-22(24)16-15(19-17-21(16)8-11-26-17)18-12-14(13-4-2-1-3-5-13)20-6-9-25-10-7-20/h1-5,8,11,14,18H,6-7,9-10,12H2. The highest BCUT2D eigenvalue weighted by atomic mass is 32.1. The molecule has 8 nitrogen and oxygen atoms in total. The number of ether oxygens (including phenoxy) is 1. The van der Waals surface area contributed by atoms with Crippen molar-refractivity contribution in [3.8, 4) is 0 Å². The first kappa shape index (κ1) is 17.0. The van der Waals surface area contributed by atoms with Gasteiger partial charge in [0.25, 0.3) is 4.96 Å². The van der Waals surface area contributed by atoms with Gasteiger partial charge in [-0.25, -0.2) is 0 Å². The van der Waals surface area contributed by atoms with Crippen molar-refractivity contribution < 1.29 is 9.66 Å². The Balaban J connectivity index is 1.59. The Bertz CT molecular complexity index is 888. The maximum absolute atomic E-state index is 11.5. The number of benzene rings is 1. The van der Waals surface area contributed by atoms with Crippen molar-refractivity contribution in [2.75, 3.05) is 38.2 Å². The van der Waals surface area contributed by atoms with E-state index in [9.17, 15) is 10.1 Å².